The number of unbranched alkanes of at least 4 members (excludes halogenated alkanes) is 1. The largest absolute Gasteiger partial charge is 0.359 e. The Morgan fingerprint density at radius 3 is 2.48 bits per heavy atom. The second-order valence-electron chi connectivity index (χ2n) is 7.23. The van der Waals surface area contributed by atoms with Crippen LogP contribution in [0.15, 0.2) is 4.99 Å². The summed E-state index contributed by atoms with van der Waals surface area (Å²) < 4.78 is 0. The van der Waals surface area contributed by atoms with E-state index < -0.39 is 5.41 Å². The van der Waals surface area contributed by atoms with Crippen LogP contribution in [-0.4, -0.2) is 38.5 Å². The third kappa shape index (κ3) is 7.71. The highest BCUT2D eigenvalue weighted by Crippen LogP contribution is 2.28. The van der Waals surface area contributed by atoms with Crippen LogP contribution in [0.2, 0.25) is 0 Å². The van der Waals surface area contributed by atoms with Crippen molar-refractivity contribution in [2.45, 2.75) is 65.7 Å². The number of carbonyl (C=O) groups excluding carboxylic acids is 1. The van der Waals surface area contributed by atoms with Crippen LogP contribution in [0, 0.1) is 11.3 Å². The molecule has 0 saturated heterocycles. The van der Waals surface area contributed by atoms with Crippen LogP contribution >= 0.6 is 0 Å². The Hall–Kier alpha value is -1.26. The molecule has 0 heterocycles. The van der Waals surface area contributed by atoms with Gasteiger partial charge in [-0.2, -0.15) is 0 Å². The number of hydrogen-bond donors (Lipinski definition) is 3. The summed E-state index contributed by atoms with van der Waals surface area (Å²) in [5.41, 5.74) is -0.487. The molecule has 1 saturated carbocycles. The molecule has 5 nitrogen and oxygen atoms in total. The van der Waals surface area contributed by atoms with Crippen molar-refractivity contribution < 1.29 is 4.79 Å². The lowest BCUT2D eigenvalue weighted by Crippen LogP contribution is -2.41. The topological polar surface area (TPSA) is 65.5 Å². The van der Waals surface area contributed by atoms with Crippen LogP contribution in [0.4, 0.5) is 0 Å². The van der Waals surface area contributed by atoms with Crippen molar-refractivity contribution in [3.63, 3.8) is 0 Å². The highest BCUT2D eigenvalue weighted by Gasteiger charge is 2.26. The maximum absolute atomic E-state index is 11.8. The average molecular weight is 325 g/mol. The number of hydrogen-bond acceptors (Lipinski definition) is 2. The van der Waals surface area contributed by atoms with Crippen LogP contribution in [0.5, 0.6) is 0 Å². The predicted octanol–water partition coefficient (Wildman–Crippen LogP) is 2.67. The molecule has 0 aliphatic heterocycles. The first kappa shape index (κ1) is 19.8. The summed E-state index contributed by atoms with van der Waals surface area (Å²) in [4.78, 5) is 16.4. The van der Waals surface area contributed by atoms with Crippen molar-refractivity contribution in [1.82, 2.24) is 16.0 Å². The predicted molar refractivity (Wildman–Crippen MR) is 97.6 cm³/mol. The van der Waals surface area contributed by atoms with E-state index in [0.29, 0.717) is 6.54 Å². The average Bonchev–Trinajstić information content (AvgIpc) is 3.04. The first-order chi connectivity index (χ1) is 11.0. The van der Waals surface area contributed by atoms with Gasteiger partial charge in [0.15, 0.2) is 5.96 Å². The Bertz CT molecular complexity index is 373. The molecule has 0 radical (unpaired) electrons. The van der Waals surface area contributed by atoms with E-state index in [9.17, 15) is 4.79 Å². The lowest BCUT2D eigenvalue weighted by molar-refractivity contribution is -0.128. The van der Waals surface area contributed by atoms with Crippen molar-refractivity contribution in [1.29, 1.82) is 0 Å². The molecule has 0 bridgehead atoms. The minimum atomic E-state index is -0.487. The first-order valence-electron chi connectivity index (χ1n) is 9.24. The summed E-state index contributed by atoms with van der Waals surface area (Å²) >= 11 is 0. The lowest BCUT2D eigenvalue weighted by atomic mass is 9.93. The molecule has 0 aromatic heterocycles. The molecule has 0 atom stereocenters. The van der Waals surface area contributed by atoms with Gasteiger partial charge >= 0.3 is 0 Å². The number of guanidine groups is 1. The quantitative estimate of drug-likeness (QED) is 0.347. The smallest absolute Gasteiger partial charge is 0.227 e. The van der Waals surface area contributed by atoms with Gasteiger partial charge in [0.2, 0.25) is 5.91 Å². The molecule has 5 heteroatoms. The fourth-order valence-electron chi connectivity index (χ4n) is 3.09. The third-order valence-electron chi connectivity index (χ3n) is 4.62. The van der Waals surface area contributed by atoms with Gasteiger partial charge in [0.25, 0.3) is 0 Å². The Morgan fingerprint density at radius 2 is 1.87 bits per heavy atom. The molecule has 0 aromatic rings. The van der Waals surface area contributed by atoms with Crippen LogP contribution in [0.3, 0.4) is 0 Å². The number of amides is 1. The van der Waals surface area contributed by atoms with Gasteiger partial charge in [0.1, 0.15) is 0 Å². The fourth-order valence-corrected chi connectivity index (χ4v) is 3.09. The Kier molecular flexibility index (Phi) is 9.03. The maximum Gasteiger partial charge on any atom is 0.227 e. The van der Waals surface area contributed by atoms with Gasteiger partial charge < -0.3 is 16.0 Å². The standard InChI is InChI=1S/C18H36N4O/c1-5-20-17(22-14-18(2,3)16(23)19-4)21-13-9-8-12-15-10-6-7-11-15/h15H,5-14H2,1-4H3,(H,19,23)(H2,20,21,22). The molecular formula is C18H36N4O. The molecular weight excluding hydrogens is 288 g/mol. The Morgan fingerprint density at radius 1 is 1.17 bits per heavy atom. The second-order valence-corrected chi connectivity index (χ2v) is 7.23. The zero-order chi connectivity index (χ0) is 17.1. The van der Waals surface area contributed by atoms with Gasteiger partial charge in [-0.15, -0.1) is 0 Å². The number of rotatable bonds is 9. The van der Waals surface area contributed by atoms with Crippen LogP contribution in [0.25, 0.3) is 0 Å². The minimum Gasteiger partial charge on any atom is -0.359 e. The zero-order valence-corrected chi connectivity index (χ0v) is 15.5. The maximum atomic E-state index is 11.8. The molecule has 1 aliphatic rings. The van der Waals surface area contributed by atoms with E-state index in [1.54, 1.807) is 7.05 Å². The van der Waals surface area contributed by atoms with E-state index in [2.05, 4.69) is 27.9 Å². The van der Waals surface area contributed by atoms with Crippen molar-refractivity contribution in [3.8, 4) is 0 Å². The number of carbonyl (C=O) groups is 1. The monoisotopic (exact) mass is 324 g/mol. The van der Waals surface area contributed by atoms with Gasteiger partial charge in [0.05, 0.1) is 12.0 Å². The summed E-state index contributed by atoms with van der Waals surface area (Å²) in [5.74, 6) is 1.81. The van der Waals surface area contributed by atoms with E-state index in [1.165, 1.54) is 44.9 Å². The number of aliphatic imine (C=N–C) groups is 1. The SMILES string of the molecule is CCNC(=NCC(C)(C)C(=O)NC)NCCCCC1CCCC1. The molecule has 134 valence electrons. The normalized spacial score (nSPS) is 16.4. The molecule has 1 fully saturated rings. The van der Waals surface area contributed by atoms with Crippen LogP contribution < -0.4 is 16.0 Å². The van der Waals surface area contributed by atoms with E-state index in [-0.39, 0.29) is 5.91 Å². The Balaban J connectivity index is 2.29. The van der Waals surface area contributed by atoms with Gasteiger partial charge in [-0.25, -0.2) is 0 Å². The third-order valence-corrected chi connectivity index (χ3v) is 4.62. The molecule has 1 amide bonds. The molecule has 0 aromatic carbocycles. The number of nitrogens with one attached hydrogen (secondary N) is 3. The van der Waals surface area contributed by atoms with Crippen LogP contribution in [-0.2, 0) is 4.79 Å². The van der Waals surface area contributed by atoms with E-state index in [0.717, 1.165) is 25.0 Å². The van der Waals surface area contributed by atoms with Crippen LogP contribution in [0.1, 0.15) is 65.7 Å². The highest BCUT2D eigenvalue weighted by molar-refractivity contribution is 5.83. The molecule has 0 spiro atoms. The van der Waals surface area contributed by atoms with Gasteiger partial charge in [-0.05, 0) is 33.1 Å². The van der Waals surface area contributed by atoms with Crippen molar-refractivity contribution in [2.24, 2.45) is 16.3 Å². The summed E-state index contributed by atoms with van der Waals surface area (Å²) in [5, 5.41) is 9.33. The highest BCUT2D eigenvalue weighted by atomic mass is 16.2. The van der Waals surface area contributed by atoms with Crippen molar-refractivity contribution in [3.05, 3.63) is 0 Å². The summed E-state index contributed by atoms with van der Waals surface area (Å²) in [6, 6.07) is 0. The molecule has 23 heavy (non-hydrogen) atoms. The second kappa shape index (κ2) is 10.5. The zero-order valence-electron chi connectivity index (χ0n) is 15.5. The van der Waals surface area contributed by atoms with E-state index in [1.807, 2.05) is 13.8 Å². The number of nitrogens with zero attached hydrogens (tertiary/aromatic N) is 1. The van der Waals surface area contributed by atoms with E-state index in [4.69, 9.17) is 0 Å². The first-order valence-corrected chi connectivity index (χ1v) is 9.24. The molecule has 1 rings (SSSR count). The molecule has 1 aliphatic carbocycles. The summed E-state index contributed by atoms with van der Waals surface area (Å²) in [6.45, 7) is 8.14. The van der Waals surface area contributed by atoms with E-state index >= 15 is 0 Å². The van der Waals surface area contributed by atoms with Gasteiger partial charge in [-0.1, -0.05) is 38.5 Å². The summed E-state index contributed by atoms with van der Waals surface area (Å²) in [6.07, 6.45) is 9.58. The van der Waals surface area contributed by atoms with Crippen molar-refractivity contribution in [2.75, 3.05) is 26.7 Å². The van der Waals surface area contributed by atoms with Gasteiger partial charge in [-0.3, -0.25) is 9.79 Å². The Labute approximate surface area is 142 Å². The lowest BCUT2D eigenvalue weighted by Gasteiger charge is -2.21. The fraction of sp³-hybridized carbons (Fsp3) is 0.889. The molecule has 3 N–H and O–H groups in total. The minimum absolute atomic E-state index is 0.0219. The van der Waals surface area contributed by atoms with Gasteiger partial charge in [0, 0.05) is 20.1 Å². The summed E-state index contributed by atoms with van der Waals surface area (Å²) in [7, 11) is 1.67. The molecule has 0 unspecified atom stereocenters. The van der Waals surface area contributed by atoms with Crippen molar-refractivity contribution >= 4 is 11.9 Å².